The molecule has 0 fully saturated rings. The molecule has 0 aliphatic heterocycles. The van der Waals surface area contributed by atoms with Crippen LogP contribution in [-0.2, 0) is 0 Å². The SMILES string of the molecule is Clc1ccnc(-c2nc(Cl)cc(Cl)n2)c1. The second-order valence-corrected chi connectivity index (χ2v) is 3.91. The van der Waals surface area contributed by atoms with Crippen LogP contribution in [-0.4, -0.2) is 15.0 Å². The Kier molecular flexibility index (Phi) is 3.05. The first-order chi connectivity index (χ1) is 7.15. The lowest BCUT2D eigenvalue weighted by atomic mass is 10.3. The predicted molar refractivity (Wildman–Crippen MR) is 60.3 cm³/mol. The van der Waals surface area contributed by atoms with Crippen molar-refractivity contribution in [1.82, 2.24) is 15.0 Å². The summed E-state index contributed by atoms with van der Waals surface area (Å²) in [6, 6.07) is 4.76. The summed E-state index contributed by atoms with van der Waals surface area (Å²) < 4.78 is 0. The molecule has 0 radical (unpaired) electrons. The Hall–Kier alpha value is -0.900. The molecule has 0 amide bonds. The summed E-state index contributed by atoms with van der Waals surface area (Å²) in [5, 5.41) is 1.10. The molecule has 3 nitrogen and oxygen atoms in total. The minimum Gasteiger partial charge on any atom is -0.253 e. The van der Waals surface area contributed by atoms with Crippen LogP contribution in [0.3, 0.4) is 0 Å². The Morgan fingerprint density at radius 1 is 0.933 bits per heavy atom. The van der Waals surface area contributed by atoms with Gasteiger partial charge < -0.3 is 0 Å². The summed E-state index contributed by atoms with van der Waals surface area (Å²) in [5.74, 6) is 0.356. The predicted octanol–water partition coefficient (Wildman–Crippen LogP) is 3.50. The average Bonchev–Trinajstić information content (AvgIpc) is 2.16. The van der Waals surface area contributed by atoms with E-state index in [2.05, 4.69) is 15.0 Å². The van der Waals surface area contributed by atoms with Gasteiger partial charge in [-0.2, -0.15) is 0 Å². The van der Waals surface area contributed by atoms with E-state index in [1.54, 1.807) is 18.3 Å². The van der Waals surface area contributed by atoms with Gasteiger partial charge in [-0.05, 0) is 12.1 Å². The van der Waals surface area contributed by atoms with E-state index in [0.29, 0.717) is 16.5 Å². The van der Waals surface area contributed by atoms with E-state index in [-0.39, 0.29) is 10.3 Å². The lowest BCUT2D eigenvalue weighted by Gasteiger charge is -2.00. The van der Waals surface area contributed by atoms with Crippen molar-refractivity contribution in [1.29, 1.82) is 0 Å². The normalized spacial score (nSPS) is 10.3. The number of rotatable bonds is 1. The number of hydrogen-bond acceptors (Lipinski definition) is 3. The molecule has 2 aromatic heterocycles. The Bertz CT molecular complexity index is 481. The summed E-state index contributed by atoms with van der Waals surface area (Å²) in [4.78, 5) is 12.1. The molecule has 0 N–H and O–H groups in total. The van der Waals surface area contributed by atoms with E-state index < -0.39 is 0 Å². The van der Waals surface area contributed by atoms with Crippen molar-refractivity contribution in [3.05, 3.63) is 39.7 Å². The van der Waals surface area contributed by atoms with Gasteiger partial charge in [0.1, 0.15) is 16.0 Å². The van der Waals surface area contributed by atoms with Crippen molar-refractivity contribution in [3.63, 3.8) is 0 Å². The van der Waals surface area contributed by atoms with Crippen molar-refractivity contribution >= 4 is 34.8 Å². The van der Waals surface area contributed by atoms with Crippen LogP contribution in [0.1, 0.15) is 0 Å². The quantitative estimate of drug-likeness (QED) is 0.737. The van der Waals surface area contributed by atoms with E-state index >= 15 is 0 Å². The molecule has 0 unspecified atom stereocenters. The second kappa shape index (κ2) is 4.31. The van der Waals surface area contributed by atoms with Gasteiger partial charge in [0.05, 0.1) is 0 Å². The van der Waals surface area contributed by atoms with Gasteiger partial charge in [0.15, 0.2) is 5.82 Å². The number of hydrogen-bond donors (Lipinski definition) is 0. The summed E-state index contributed by atoms with van der Waals surface area (Å²) in [5.41, 5.74) is 0.534. The molecule has 0 saturated carbocycles. The molecule has 0 bridgehead atoms. The van der Waals surface area contributed by atoms with Crippen LogP contribution < -0.4 is 0 Å². The summed E-state index contributed by atoms with van der Waals surface area (Å²) in [6.45, 7) is 0. The Morgan fingerprint density at radius 2 is 1.60 bits per heavy atom. The molecule has 6 heteroatoms. The summed E-state index contributed by atoms with van der Waals surface area (Å²) in [6.07, 6.45) is 1.57. The highest BCUT2D eigenvalue weighted by Gasteiger charge is 2.06. The van der Waals surface area contributed by atoms with Crippen LogP contribution in [0.25, 0.3) is 11.5 Å². The van der Waals surface area contributed by atoms with Gasteiger partial charge in [-0.1, -0.05) is 34.8 Å². The molecule has 0 saturated heterocycles. The fraction of sp³-hybridized carbons (Fsp3) is 0. The van der Waals surface area contributed by atoms with Crippen LogP contribution in [0.2, 0.25) is 15.3 Å². The Labute approximate surface area is 101 Å². The van der Waals surface area contributed by atoms with Crippen LogP contribution in [0.5, 0.6) is 0 Å². The molecule has 15 heavy (non-hydrogen) atoms. The third kappa shape index (κ3) is 2.56. The average molecular weight is 261 g/mol. The fourth-order valence-electron chi connectivity index (χ4n) is 1.03. The summed E-state index contributed by atoms with van der Waals surface area (Å²) >= 11 is 17.3. The Balaban J connectivity index is 2.54. The third-order valence-electron chi connectivity index (χ3n) is 1.61. The van der Waals surface area contributed by atoms with Gasteiger partial charge in [-0.25, -0.2) is 9.97 Å². The number of nitrogens with zero attached hydrogens (tertiary/aromatic N) is 3. The molecule has 0 spiro atoms. The molecule has 0 aliphatic carbocycles. The largest absolute Gasteiger partial charge is 0.253 e. The van der Waals surface area contributed by atoms with Crippen molar-refractivity contribution < 1.29 is 0 Å². The molecule has 0 aliphatic rings. The van der Waals surface area contributed by atoms with Crippen LogP contribution in [0.4, 0.5) is 0 Å². The molecule has 2 rings (SSSR count). The highest BCUT2D eigenvalue weighted by Crippen LogP contribution is 2.20. The van der Waals surface area contributed by atoms with Gasteiger partial charge in [0, 0.05) is 17.3 Å². The molecule has 2 heterocycles. The topological polar surface area (TPSA) is 38.7 Å². The maximum absolute atomic E-state index is 5.81. The Morgan fingerprint density at radius 3 is 2.20 bits per heavy atom. The molecule has 0 atom stereocenters. The van der Waals surface area contributed by atoms with Gasteiger partial charge in [0.25, 0.3) is 0 Å². The molecule has 76 valence electrons. The molecular weight excluding hydrogens is 256 g/mol. The minimum atomic E-state index is 0.270. The first kappa shape index (κ1) is 10.6. The highest BCUT2D eigenvalue weighted by atomic mass is 35.5. The molecular formula is C9H4Cl3N3. The zero-order valence-corrected chi connectivity index (χ0v) is 9.55. The molecule has 0 aromatic carbocycles. The zero-order chi connectivity index (χ0) is 10.8. The minimum absolute atomic E-state index is 0.270. The van der Waals surface area contributed by atoms with Crippen LogP contribution in [0, 0.1) is 0 Å². The lowest BCUT2D eigenvalue weighted by Crippen LogP contribution is -1.92. The van der Waals surface area contributed by atoms with E-state index in [1.165, 1.54) is 6.07 Å². The van der Waals surface area contributed by atoms with Gasteiger partial charge in [-0.3, -0.25) is 4.98 Å². The first-order valence-electron chi connectivity index (χ1n) is 3.97. The second-order valence-electron chi connectivity index (χ2n) is 2.70. The van der Waals surface area contributed by atoms with E-state index in [9.17, 15) is 0 Å². The highest BCUT2D eigenvalue weighted by molar-refractivity contribution is 6.33. The van der Waals surface area contributed by atoms with Crippen LogP contribution in [0.15, 0.2) is 24.4 Å². The summed E-state index contributed by atoms with van der Waals surface area (Å²) in [7, 11) is 0. The van der Waals surface area contributed by atoms with Crippen molar-refractivity contribution in [2.45, 2.75) is 0 Å². The lowest BCUT2D eigenvalue weighted by molar-refractivity contribution is 1.14. The third-order valence-corrected chi connectivity index (χ3v) is 2.24. The van der Waals surface area contributed by atoms with Gasteiger partial charge in [0.2, 0.25) is 0 Å². The zero-order valence-electron chi connectivity index (χ0n) is 7.28. The van der Waals surface area contributed by atoms with Crippen LogP contribution >= 0.6 is 34.8 Å². The van der Waals surface area contributed by atoms with Crippen molar-refractivity contribution in [2.75, 3.05) is 0 Å². The number of halogens is 3. The van der Waals surface area contributed by atoms with Crippen molar-refractivity contribution in [2.24, 2.45) is 0 Å². The van der Waals surface area contributed by atoms with Crippen molar-refractivity contribution in [3.8, 4) is 11.5 Å². The maximum atomic E-state index is 5.81. The van der Waals surface area contributed by atoms with E-state index in [1.807, 2.05) is 0 Å². The monoisotopic (exact) mass is 259 g/mol. The smallest absolute Gasteiger partial charge is 0.181 e. The van der Waals surface area contributed by atoms with E-state index in [0.717, 1.165) is 0 Å². The number of aromatic nitrogens is 3. The number of pyridine rings is 1. The fourth-order valence-corrected chi connectivity index (χ4v) is 1.61. The standard InChI is InChI=1S/C9H4Cl3N3/c10-5-1-2-13-6(3-5)9-14-7(11)4-8(12)15-9/h1-4H. The van der Waals surface area contributed by atoms with E-state index in [4.69, 9.17) is 34.8 Å². The van der Waals surface area contributed by atoms with Gasteiger partial charge >= 0.3 is 0 Å². The van der Waals surface area contributed by atoms with Gasteiger partial charge in [-0.15, -0.1) is 0 Å². The first-order valence-corrected chi connectivity index (χ1v) is 5.10. The molecule has 2 aromatic rings. The maximum Gasteiger partial charge on any atom is 0.181 e.